The van der Waals surface area contributed by atoms with Crippen LogP contribution in [0.1, 0.15) is 25.3 Å². The lowest BCUT2D eigenvalue weighted by Gasteiger charge is -2.23. The molecule has 0 saturated carbocycles. The average Bonchev–Trinajstić information content (AvgIpc) is 3.25. The van der Waals surface area contributed by atoms with Gasteiger partial charge < -0.3 is 19.5 Å². The van der Waals surface area contributed by atoms with Crippen molar-refractivity contribution < 1.29 is 23.8 Å². The molecule has 23 heavy (non-hydrogen) atoms. The van der Waals surface area contributed by atoms with E-state index < -0.39 is 5.54 Å². The van der Waals surface area contributed by atoms with Gasteiger partial charge in [-0.15, -0.1) is 0 Å². The highest BCUT2D eigenvalue weighted by atomic mass is 16.7. The molecule has 0 radical (unpaired) electrons. The number of hydrogen-bond acceptors (Lipinski definition) is 5. The van der Waals surface area contributed by atoms with E-state index >= 15 is 0 Å². The molecule has 3 aliphatic heterocycles. The Labute approximate surface area is 133 Å². The van der Waals surface area contributed by atoms with Gasteiger partial charge >= 0.3 is 6.03 Å². The summed E-state index contributed by atoms with van der Waals surface area (Å²) in [6.07, 6.45) is 1.77. The Kier molecular flexibility index (Phi) is 3.19. The first-order valence-corrected chi connectivity index (χ1v) is 7.74. The molecule has 2 unspecified atom stereocenters. The number of ether oxygens (including phenoxy) is 3. The Morgan fingerprint density at radius 1 is 1.30 bits per heavy atom. The van der Waals surface area contributed by atoms with Gasteiger partial charge in [0.25, 0.3) is 5.91 Å². The Bertz CT molecular complexity index is 670. The lowest BCUT2D eigenvalue weighted by Crippen LogP contribution is -2.42. The van der Waals surface area contributed by atoms with Crippen LogP contribution in [0.15, 0.2) is 18.2 Å². The Morgan fingerprint density at radius 3 is 2.91 bits per heavy atom. The highest BCUT2D eigenvalue weighted by molar-refractivity contribution is 6.07. The van der Waals surface area contributed by atoms with Crippen molar-refractivity contribution in [1.82, 2.24) is 10.2 Å². The minimum atomic E-state index is -1.10. The number of nitrogens with one attached hydrogen (secondary N) is 1. The van der Waals surface area contributed by atoms with Crippen LogP contribution in [0.4, 0.5) is 4.79 Å². The quantitative estimate of drug-likeness (QED) is 0.852. The molecular formula is C16H18N2O5. The average molecular weight is 318 g/mol. The zero-order valence-corrected chi connectivity index (χ0v) is 12.8. The molecule has 1 aromatic rings. The van der Waals surface area contributed by atoms with Crippen molar-refractivity contribution in [3.63, 3.8) is 0 Å². The molecule has 2 saturated heterocycles. The standard InChI is InChI=1S/C16H18N2O5/c1-16(10-4-5-12-13(7-10)23-9-22-12)14(19)18(15(20)17-16)8-11-3-2-6-21-11/h4-5,7,11H,2-3,6,8-9H2,1H3,(H,17,20). The normalized spacial score (nSPS) is 29.3. The van der Waals surface area contributed by atoms with Crippen molar-refractivity contribution in [2.24, 2.45) is 0 Å². The first-order chi connectivity index (χ1) is 11.1. The molecule has 3 aliphatic rings. The third kappa shape index (κ3) is 2.23. The number of urea groups is 1. The van der Waals surface area contributed by atoms with Gasteiger partial charge in [0.15, 0.2) is 11.5 Å². The highest BCUT2D eigenvalue weighted by Gasteiger charge is 2.50. The smallest absolute Gasteiger partial charge is 0.325 e. The van der Waals surface area contributed by atoms with Gasteiger partial charge in [0.2, 0.25) is 6.79 Å². The lowest BCUT2D eigenvalue weighted by atomic mass is 9.91. The largest absolute Gasteiger partial charge is 0.454 e. The third-order valence-electron chi connectivity index (χ3n) is 4.64. The fourth-order valence-electron chi connectivity index (χ4n) is 3.26. The summed E-state index contributed by atoms with van der Waals surface area (Å²) in [6, 6.07) is 4.90. The maximum atomic E-state index is 12.8. The van der Waals surface area contributed by atoms with Crippen molar-refractivity contribution in [3.8, 4) is 11.5 Å². The zero-order valence-electron chi connectivity index (χ0n) is 12.8. The topological polar surface area (TPSA) is 77.1 Å². The number of carbonyl (C=O) groups is 2. The molecule has 1 N–H and O–H groups in total. The number of hydrogen-bond donors (Lipinski definition) is 1. The van der Waals surface area contributed by atoms with E-state index in [9.17, 15) is 9.59 Å². The van der Waals surface area contributed by atoms with Crippen molar-refractivity contribution >= 4 is 11.9 Å². The summed E-state index contributed by atoms with van der Waals surface area (Å²) >= 11 is 0. The second-order valence-electron chi connectivity index (χ2n) is 6.17. The van der Waals surface area contributed by atoms with Crippen LogP contribution in [-0.2, 0) is 15.1 Å². The maximum absolute atomic E-state index is 12.8. The lowest BCUT2D eigenvalue weighted by molar-refractivity contribution is -0.132. The summed E-state index contributed by atoms with van der Waals surface area (Å²) in [5, 5.41) is 2.80. The minimum absolute atomic E-state index is 0.0659. The number of amides is 3. The third-order valence-corrected chi connectivity index (χ3v) is 4.64. The van der Waals surface area contributed by atoms with Crippen LogP contribution >= 0.6 is 0 Å². The number of nitrogens with zero attached hydrogens (tertiary/aromatic N) is 1. The highest BCUT2D eigenvalue weighted by Crippen LogP contribution is 2.38. The molecule has 0 aliphatic carbocycles. The van der Waals surface area contributed by atoms with Gasteiger partial charge in [0, 0.05) is 6.61 Å². The van der Waals surface area contributed by atoms with E-state index in [-0.39, 0.29) is 24.8 Å². The monoisotopic (exact) mass is 318 g/mol. The van der Waals surface area contributed by atoms with Gasteiger partial charge in [-0.2, -0.15) is 0 Å². The fraction of sp³-hybridized carbons (Fsp3) is 0.500. The minimum Gasteiger partial charge on any atom is -0.454 e. The molecule has 2 atom stereocenters. The molecule has 0 spiro atoms. The summed E-state index contributed by atoms with van der Waals surface area (Å²) in [7, 11) is 0. The molecule has 7 heteroatoms. The SMILES string of the molecule is CC1(c2ccc3c(c2)OCO3)NC(=O)N(CC2CCCO2)C1=O. The van der Waals surface area contributed by atoms with E-state index in [1.165, 1.54) is 4.90 Å². The second-order valence-corrected chi connectivity index (χ2v) is 6.17. The van der Waals surface area contributed by atoms with Crippen LogP contribution < -0.4 is 14.8 Å². The van der Waals surface area contributed by atoms with Gasteiger partial charge in [-0.3, -0.25) is 9.69 Å². The van der Waals surface area contributed by atoms with E-state index in [0.29, 0.717) is 30.2 Å². The van der Waals surface area contributed by atoms with Crippen LogP contribution in [0, 0.1) is 0 Å². The van der Waals surface area contributed by atoms with Crippen LogP contribution in [0.2, 0.25) is 0 Å². The fourth-order valence-corrected chi connectivity index (χ4v) is 3.26. The number of imide groups is 1. The Balaban J connectivity index is 1.60. The van der Waals surface area contributed by atoms with Gasteiger partial charge in [0.1, 0.15) is 5.54 Å². The Hall–Kier alpha value is -2.28. The predicted molar refractivity (Wildman–Crippen MR) is 79.1 cm³/mol. The van der Waals surface area contributed by atoms with Gasteiger partial charge in [-0.05, 0) is 37.5 Å². The van der Waals surface area contributed by atoms with Crippen molar-refractivity contribution in [1.29, 1.82) is 0 Å². The summed E-state index contributed by atoms with van der Waals surface area (Å²) in [4.78, 5) is 26.4. The molecule has 1 aromatic carbocycles. The predicted octanol–water partition coefficient (Wildman–Crippen LogP) is 1.36. The van der Waals surface area contributed by atoms with E-state index in [2.05, 4.69) is 5.32 Å². The second kappa shape index (κ2) is 5.13. The molecule has 3 heterocycles. The van der Waals surface area contributed by atoms with E-state index in [4.69, 9.17) is 14.2 Å². The molecule has 3 amide bonds. The maximum Gasteiger partial charge on any atom is 0.325 e. The van der Waals surface area contributed by atoms with E-state index in [1.54, 1.807) is 25.1 Å². The van der Waals surface area contributed by atoms with Crippen LogP contribution in [-0.4, -0.2) is 42.9 Å². The number of fused-ring (bicyclic) bond motifs is 1. The number of rotatable bonds is 3. The molecule has 4 rings (SSSR count). The molecule has 0 aromatic heterocycles. The molecule has 0 bridgehead atoms. The summed E-state index contributed by atoms with van der Waals surface area (Å²) in [6.45, 7) is 2.86. The molecular weight excluding hydrogens is 300 g/mol. The first-order valence-electron chi connectivity index (χ1n) is 7.74. The number of benzene rings is 1. The summed E-state index contributed by atoms with van der Waals surface area (Å²) < 4.78 is 16.2. The van der Waals surface area contributed by atoms with Crippen molar-refractivity contribution in [2.75, 3.05) is 19.9 Å². The van der Waals surface area contributed by atoms with Crippen LogP contribution in [0.3, 0.4) is 0 Å². The van der Waals surface area contributed by atoms with E-state index in [1.807, 2.05) is 0 Å². The van der Waals surface area contributed by atoms with Gasteiger partial charge in [-0.1, -0.05) is 6.07 Å². The Morgan fingerprint density at radius 2 is 2.13 bits per heavy atom. The van der Waals surface area contributed by atoms with Crippen LogP contribution in [0.5, 0.6) is 11.5 Å². The van der Waals surface area contributed by atoms with E-state index in [0.717, 1.165) is 12.8 Å². The first kappa shape index (κ1) is 14.3. The molecule has 122 valence electrons. The molecule has 2 fully saturated rings. The summed E-state index contributed by atoms with van der Waals surface area (Å²) in [5.74, 6) is 0.963. The van der Waals surface area contributed by atoms with Crippen LogP contribution in [0.25, 0.3) is 0 Å². The van der Waals surface area contributed by atoms with Gasteiger partial charge in [0.05, 0.1) is 12.6 Å². The number of carbonyl (C=O) groups excluding carboxylic acids is 2. The zero-order chi connectivity index (χ0) is 16.0. The molecule has 7 nitrogen and oxygen atoms in total. The van der Waals surface area contributed by atoms with Gasteiger partial charge in [-0.25, -0.2) is 4.79 Å². The summed E-state index contributed by atoms with van der Waals surface area (Å²) in [5.41, 5.74) is -0.425. The van der Waals surface area contributed by atoms with Crippen molar-refractivity contribution in [3.05, 3.63) is 23.8 Å². The van der Waals surface area contributed by atoms with Crippen molar-refractivity contribution in [2.45, 2.75) is 31.4 Å².